The van der Waals surface area contributed by atoms with Gasteiger partial charge in [-0.1, -0.05) is 36.4 Å². The fourth-order valence-corrected chi connectivity index (χ4v) is 1.89. The van der Waals surface area contributed by atoms with Crippen molar-refractivity contribution in [1.29, 1.82) is 0 Å². The van der Waals surface area contributed by atoms with E-state index in [1.807, 2.05) is 43.3 Å². The van der Waals surface area contributed by atoms with E-state index in [2.05, 4.69) is 0 Å². The lowest BCUT2D eigenvalue weighted by Crippen LogP contribution is -2.24. The van der Waals surface area contributed by atoms with Crippen LogP contribution in [0.5, 0.6) is 0 Å². The lowest BCUT2D eigenvalue weighted by Gasteiger charge is -2.23. The zero-order chi connectivity index (χ0) is 13.0. The molecule has 0 bridgehead atoms. The quantitative estimate of drug-likeness (QED) is 0.767. The smallest absolute Gasteiger partial charge is 0.334 e. The van der Waals surface area contributed by atoms with Crippen molar-refractivity contribution in [1.82, 2.24) is 0 Å². The van der Waals surface area contributed by atoms with Gasteiger partial charge in [0.1, 0.15) is 11.9 Å². The maximum Gasteiger partial charge on any atom is 0.334 e. The van der Waals surface area contributed by atoms with Crippen LogP contribution in [0.25, 0.3) is 6.08 Å². The molecule has 0 fully saturated rings. The molecule has 0 spiro atoms. The van der Waals surface area contributed by atoms with Gasteiger partial charge in [-0.15, -0.1) is 0 Å². The summed E-state index contributed by atoms with van der Waals surface area (Å²) in [6, 6.07) is 9.96. The van der Waals surface area contributed by atoms with E-state index in [0.717, 1.165) is 11.1 Å². The molecule has 1 aliphatic rings. The highest BCUT2D eigenvalue weighted by atomic mass is 16.5. The van der Waals surface area contributed by atoms with Crippen molar-refractivity contribution in [2.75, 3.05) is 7.11 Å². The third-order valence-electron chi connectivity index (χ3n) is 2.89. The summed E-state index contributed by atoms with van der Waals surface area (Å²) < 4.78 is 10.4. The summed E-state index contributed by atoms with van der Waals surface area (Å²) in [6.45, 7) is 1.96. The molecule has 0 aromatic heterocycles. The number of cyclic esters (lactones) is 1. The third kappa shape index (κ3) is 3.00. The fraction of sp³-hybridized carbons (Fsp3) is 0.267. The van der Waals surface area contributed by atoms with Gasteiger partial charge in [-0.3, -0.25) is 0 Å². The van der Waals surface area contributed by atoms with Crippen LogP contribution in [0.4, 0.5) is 0 Å². The maximum atomic E-state index is 11.4. The maximum absolute atomic E-state index is 11.4. The normalized spacial score (nSPS) is 20.1. The predicted octanol–water partition coefficient (Wildman–Crippen LogP) is 2.94. The zero-order valence-electron chi connectivity index (χ0n) is 10.6. The van der Waals surface area contributed by atoms with Crippen LogP contribution in [0, 0.1) is 0 Å². The Morgan fingerprint density at radius 2 is 2.11 bits per heavy atom. The van der Waals surface area contributed by atoms with Gasteiger partial charge in [0, 0.05) is 6.42 Å². The van der Waals surface area contributed by atoms with Gasteiger partial charge < -0.3 is 9.47 Å². The van der Waals surface area contributed by atoms with E-state index in [0.29, 0.717) is 12.2 Å². The first-order valence-corrected chi connectivity index (χ1v) is 5.87. The van der Waals surface area contributed by atoms with Crippen molar-refractivity contribution in [3.8, 4) is 0 Å². The molecule has 1 heterocycles. The van der Waals surface area contributed by atoms with Crippen molar-refractivity contribution >= 4 is 12.0 Å². The molecule has 0 radical (unpaired) electrons. The van der Waals surface area contributed by atoms with Crippen molar-refractivity contribution in [3.63, 3.8) is 0 Å². The van der Waals surface area contributed by atoms with Gasteiger partial charge in [-0.05, 0) is 18.1 Å². The van der Waals surface area contributed by atoms with Crippen LogP contribution in [-0.2, 0) is 14.3 Å². The molecule has 0 N–H and O–H groups in total. The summed E-state index contributed by atoms with van der Waals surface area (Å²) in [7, 11) is 1.57. The van der Waals surface area contributed by atoms with Gasteiger partial charge in [0.2, 0.25) is 0 Å². The molecule has 0 aliphatic carbocycles. The van der Waals surface area contributed by atoms with Crippen molar-refractivity contribution in [3.05, 3.63) is 53.3 Å². The Hall–Kier alpha value is -2.03. The van der Waals surface area contributed by atoms with E-state index in [-0.39, 0.29) is 12.1 Å². The molecule has 94 valence electrons. The summed E-state index contributed by atoms with van der Waals surface area (Å²) in [5.41, 5.74) is 2.11. The number of hydrogen-bond acceptors (Lipinski definition) is 3. The average Bonchev–Trinajstić information content (AvgIpc) is 2.39. The number of ether oxygens (including phenoxy) is 2. The summed E-state index contributed by atoms with van der Waals surface area (Å²) >= 11 is 0. The summed E-state index contributed by atoms with van der Waals surface area (Å²) in [6.07, 6.45) is 3.78. The lowest BCUT2D eigenvalue weighted by atomic mass is 10.0. The van der Waals surface area contributed by atoms with E-state index >= 15 is 0 Å². The molecule has 3 nitrogen and oxygen atoms in total. The van der Waals surface area contributed by atoms with Crippen molar-refractivity contribution in [2.24, 2.45) is 0 Å². The van der Waals surface area contributed by atoms with Crippen LogP contribution in [0.15, 0.2) is 47.7 Å². The van der Waals surface area contributed by atoms with Gasteiger partial charge in [0.25, 0.3) is 0 Å². The van der Waals surface area contributed by atoms with Crippen LogP contribution in [0.3, 0.4) is 0 Å². The molecular formula is C15H16O3. The summed E-state index contributed by atoms with van der Waals surface area (Å²) in [5.74, 6) is 0.320. The minimum absolute atomic E-state index is 0.238. The molecule has 1 unspecified atom stereocenters. The number of carbonyl (C=O) groups is 1. The van der Waals surface area contributed by atoms with Gasteiger partial charge >= 0.3 is 5.97 Å². The molecule has 2 rings (SSSR count). The molecule has 3 heteroatoms. The van der Waals surface area contributed by atoms with E-state index in [1.165, 1.54) is 6.08 Å². The number of methoxy groups -OCH3 is 1. The Kier molecular flexibility index (Phi) is 3.82. The van der Waals surface area contributed by atoms with Crippen LogP contribution < -0.4 is 0 Å². The second-order valence-corrected chi connectivity index (χ2v) is 4.24. The Balaban J connectivity index is 2.15. The highest BCUT2D eigenvalue weighted by Gasteiger charge is 2.23. The van der Waals surface area contributed by atoms with Crippen LogP contribution in [0.1, 0.15) is 18.9 Å². The molecule has 0 saturated heterocycles. The Morgan fingerprint density at radius 1 is 1.39 bits per heavy atom. The van der Waals surface area contributed by atoms with Gasteiger partial charge in [-0.2, -0.15) is 0 Å². The Morgan fingerprint density at radius 3 is 2.78 bits per heavy atom. The van der Waals surface area contributed by atoms with Gasteiger partial charge in [-0.25, -0.2) is 4.79 Å². The molecule has 1 aromatic rings. The van der Waals surface area contributed by atoms with Crippen molar-refractivity contribution < 1.29 is 14.3 Å². The third-order valence-corrected chi connectivity index (χ3v) is 2.89. The molecule has 0 saturated carbocycles. The molecule has 1 aromatic carbocycles. The summed E-state index contributed by atoms with van der Waals surface area (Å²) in [4.78, 5) is 11.4. The van der Waals surface area contributed by atoms with Crippen LogP contribution in [-0.4, -0.2) is 19.2 Å². The molecular weight excluding hydrogens is 228 g/mol. The molecule has 18 heavy (non-hydrogen) atoms. The minimum atomic E-state index is -0.344. The lowest BCUT2D eigenvalue weighted by molar-refractivity contribution is -0.143. The Labute approximate surface area is 107 Å². The largest absolute Gasteiger partial charge is 0.501 e. The molecule has 1 atom stereocenters. The van der Waals surface area contributed by atoms with E-state index in [1.54, 1.807) is 7.11 Å². The first-order chi connectivity index (χ1) is 8.69. The van der Waals surface area contributed by atoms with E-state index in [4.69, 9.17) is 9.47 Å². The standard InChI is InChI=1S/C15H16O3/c1-11(8-12-6-4-3-5-7-12)14-9-13(17-2)10-15(16)18-14/h3-8,10,14H,9H2,1-2H3/b11-8+. The minimum Gasteiger partial charge on any atom is -0.501 e. The monoisotopic (exact) mass is 244 g/mol. The first kappa shape index (κ1) is 12.4. The predicted molar refractivity (Wildman–Crippen MR) is 69.7 cm³/mol. The van der Waals surface area contributed by atoms with Crippen molar-refractivity contribution in [2.45, 2.75) is 19.4 Å². The van der Waals surface area contributed by atoms with Crippen LogP contribution >= 0.6 is 0 Å². The topological polar surface area (TPSA) is 35.5 Å². The summed E-state index contributed by atoms with van der Waals surface area (Å²) in [5, 5.41) is 0. The Bertz CT molecular complexity index is 486. The van der Waals surface area contributed by atoms with Crippen LogP contribution in [0.2, 0.25) is 0 Å². The first-order valence-electron chi connectivity index (χ1n) is 5.87. The highest BCUT2D eigenvalue weighted by molar-refractivity contribution is 5.83. The SMILES string of the molecule is COC1=CC(=O)OC(/C(C)=C/c2ccccc2)C1. The number of rotatable bonds is 3. The number of carbonyl (C=O) groups excluding carboxylic acids is 1. The van der Waals surface area contributed by atoms with Gasteiger partial charge in [0.05, 0.1) is 13.2 Å². The van der Waals surface area contributed by atoms with E-state index in [9.17, 15) is 4.79 Å². The second-order valence-electron chi connectivity index (χ2n) is 4.24. The number of hydrogen-bond donors (Lipinski definition) is 0. The number of esters is 1. The number of benzene rings is 1. The average molecular weight is 244 g/mol. The molecule has 1 aliphatic heterocycles. The second kappa shape index (κ2) is 5.54. The fourth-order valence-electron chi connectivity index (χ4n) is 1.89. The molecule has 0 amide bonds. The zero-order valence-corrected chi connectivity index (χ0v) is 10.6. The van der Waals surface area contributed by atoms with Gasteiger partial charge in [0.15, 0.2) is 0 Å². The van der Waals surface area contributed by atoms with E-state index < -0.39 is 0 Å². The highest BCUT2D eigenvalue weighted by Crippen LogP contribution is 2.23.